The number of rotatable bonds is 2. The molecule has 0 aromatic heterocycles. The molecule has 2 unspecified atom stereocenters. The third-order valence-electron chi connectivity index (χ3n) is 3.57. The molecule has 0 aromatic rings. The van der Waals surface area contributed by atoms with Gasteiger partial charge in [0.1, 0.15) is 6.10 Å². The van der Waals surface area contributed by atoms with Gasteiger partial charge in [0, 0.05) is 6.61 Å². The lowest BCUT2D eigenvalue weighted by Crippen LogP contribution is -2.65. The maximum atomic E-state index is 11.9. The predicted octanol–water partition coefficient (Wildman–Crippen LogP) is 0.395. The zero-order chi connectivity index (χ0) is 11.1. The zero-order valence-electron chi connectivity index (χ0n) is 9.40. The Hall–Kier alpha value is -0.610. The van der Waals surface area contributed by atoms with Gasteiger partial charge < -0.3 is 14.7 Å². The molecular weight excluding hydrogens is 194 g/mol. The Morgan fingerprint density at radius 2 is 2.27 bits per heavy atom. The van der Waals surface area contributed by atoms with Crippen LogP contribution in [0, 0.1) is 5.92 Å². The molecule has 2 fully saturated rings. The number of ether oxygens (including phenoxy) is 1. The number of carbonyl (C=O) groups is 1. The molecule has 0 saturated carbocycles. The van der Waals surface area contributed by atoms with E-state index in [4.69, 9.17) is 4.74 Å². The molecule has 1 amide bonds. The summed E-state index contributed by atoms with van der Waals surface area (Å²) >= 11 is 0. The van der Waals surface area contributed by atoms with Crippen molar-refractivity contribution in [3.63, 3.8) is 0 Å². The third-order valence-corrected chi connectivity index (χ3v) is 3.57. The van der Waals surface area contributed by atoms with Crippen LogP contribution in [-0.2, 0) is 9.53 Å². The summed E-state index contributed by atoms with van der Waals surface area (Å²) in [4.78, 5) is 13.6. The minimum atomic E-state index is -0.641. The van der Waals surface area contributed by atoms with Gasteiger partial charge in [-0.1, -0.05) is 13.8 Å². The quantitative estimate of drug-likeness (QED) is 0.722. The van der Waals surface area contributed by atoms with Gasteiger partial charge >= 0.3 is 0 Å². The van der Waals surface area contributed by atoms with E-state index in [1.54, 1.807) is 4.90 Å². The fourth-order valence-corrected chi connectivity index (χ4v) is 2.23. The van der Waals surface area contributed by atoms with E-state index in [9.17, 15) is 9.90 Å². The van der Waals surface area contributed by atoms with E-state index in [0.29, 0.717) is 32.0 Å². The summed E-state index contributed by atoms with van der Waals surface area (Å²) in [6.07, 6.45) is 1.39. The molecule has 2 aliphatic heterocycles. The van der Waals surface area contributed by atoms with E-state index in [0.717, 1.165) is 6.42 Å². The van der Waals surface area contributed by atoms with Crippen molar-refractivity contribution >= 4 is 5.91 Å². The normalized spacial score (nSPS) is 33.9. The largest absolute Gasteiger partial charge is 0.386 e. The van der Waals surface area contributed by atoms with E-state index < -0.39 is 5.60 Å². The van der Waals surface area contributed by atoms with Crippen LogP contribution in [0.3, 0.4) is 0 Å². The first-order valence-electron chi connectivity index (χ1n) is 5.68. The Balaban J connectivity index is 1.89. The summed E-state index contributed by atoms with van der Waals surface area (Å²) < 4.78 is 5.41. The molecule has 2 saturated heterocycles. The van der Waals surface area contributed by atoms with Gasteiger partial charge in [0.15, 0.2) is 0 Å². The van der Waals surface area contributed by atoms with Crippen molar-refractivity contribution in [3.8, 4) is 0 Å². The highest BCUT2D eigenvalue weighted by Gasteiger charge is 2.45. The molecule has 0 aliphatic carbocycles. The molecule has 2 rings (SSSR count). The van der Waals surface area contributed by atoms with E-state index in [-0.39, 0.29) is 12.0 Å². The third kappa shape index (κ3) is 1.88. The summed E-state index contributed by atoms with van der Waals surface area (Å²) in [6.45, 7) is 5.60. The van der Waals surface area contributed by atoms with Crippen molar-refractivity contribution < 1.29 is 14.6 Å². The smallest absolute Gasteiger partial charge is 0.252 e. The van der Waals surface area contributed by atoms with E-state index in [2.05, 4.69) is 0 Å². The molecule has 4 nitrogen and oxygen atoms in total. The average molecular weight is 213 g/mol. The topological polar surface area (TPSA) is 49.8 Å². The molecule has 0 radical (unpaired) electrons. The number of likely N-dealkylation sites (tertiary alicyclic amines) is 1. The Labute approximate surface area is 90.2 Å². The van der Waals surface area contributed by atoms with Crippen molar-refractivity contribution in [2.45, 2.75) is 38.4 Å². The second kappa shape index (κ2) is 3.76. The molecule has 2 aliphatic rings. The Morgan fingerprint density at radius 1 is 1.60 bits per heavy atom. The molecule has 4 heteroatoms. The molecular formula is C11H19NO3. The van der Waals surface area contributed by atoms with E-state index in [1.807, 2.05) is 13.8 Å². The summed E-state index contributed by atoms with van der Waals surface area (Å²) in [7, 11) is 0. The number of amides is 1. The molecule has 0 aromatic carbocycles. The maximum Gasteiger partial charge on any atom is 0.252 e. The minimum absolute atomic E-state index is 0.0538. The van der Waals surface area contributed by atoms with Gasteiger partial charge in [-0.05, 0) is 18.8 Å². The van der Waals surface area contributed by atoms with Gasteiger partial charge in [-0.2, -0.15) is 0 Å². The van der Waals surface area contributed by atoms with Crippen LogP contribution >= 0.6 is 0 Å². The fraction of sp³-hybridized carbons (Fsp3) is 0.909. The van der Waals surface area contributed by atoms with E-state index in [1.165, 1.54) is 0 Å². The lowest BCUT2D eigenvalue weighted by molar-refractivity contribution is -0.166. The van der Waals surface area contributed by atoms with Crippen molar-refractivity contribution in [1.82, 2.24) is 4.90 Å². The van der Waals surface area contributed by atoms with Gasteiger partial charge in [0.05, 0.1) is 18.7 Å². The molecule has 2 atom stereocenters. The van der Waals surface area contributed by atoms with Crippen LogP contribution in [-0.4, -0.2) is 47.3 Å². The monoisotopic (exact) mass is 213 g/mol. The van der Waals surface area contributed by atoms with Gasteiger partial charge in [-0.15, -0.1) is 0 Å². The van der Waals surface area contributed by atoms with Gasteiger partial charge in [-0.3, -0.25) is 4.79 Å². The molecule has 0 spiro atoms. The van der Waals surface area contributed by atoms with Crippen LogP contribution in [0.2, 0.25) is 0 Å². The SMILES string of the molecule is CCC1(O)CN(C(=O)C2OCCC2C)C1. The van der Waals surface area contributed by atoms with Gasteiger partial charge in [0.25, 0.3) is 5.91 Å². The van der Waals surface area contributed by atoms with Crippen LogP contribution in [0.5, 0.6) is 0 Å². The average Bonchev–Trinajstić information content (AvgIpc) is 2.58. The second-order valence-electron chi connectivity index (χ2n) is 4.83. The van der Waals surface area contributed by atoms with Gasteiger partial charge in [-0.25, -0.2) is 0 Å². The zero-order valence-corrected chi connectivity index (χ0v) is 9.40. The summed E-state index contributed by atoms with van der Waals surface area (Å²) in [5.41, 5.74) is -0.641. The second-order valence-corrected chi connectivity index (χ2v) is 4.83. The highest BCUT2D eigenvalue weighted by Crippen LogP contribution is 2.28. The summed E-state index contributed by atoms with van der Waals surface area (Å²) in [5.74, 6) is 0.367. The van der Waals surface area contributed by atoms with Crippen LogP contribution in [0.25, 0.3) is 0 Å². The summed E-state index contributed by atoms with van der Waals surface area (Å²) in [5, 5.41) is 9.81. The molecule has 15 heavy (non-hydrogen) atoms. The highest BCUT2D eigenvalue weighted by molar-refractivity contribution is 5.82. The lowest BCUT2D eigenvalue weighted by atomic mass is 9.90. The highest BCUT2D eigenvalue weighted by atomic mass is 16.5. The Bertz CT molecular complexity index is 261. The number of aliphatic hydroxyl groups is 1. The first-order chi connectivity index (χ1) is 7.06. The first-order valence-corrected chi connectivity index (χ1v) is 5.68. The van der Waals surface area contributed by atoms with Crippen molar-refractivity contribution in [2.75, 3.05) is 19.7 Å². The molecule has 2 heterocycles. The predicted molar refractivity (Wildman–Crippen MR) is 55.3 cm³/mol. The Kier molecular flexibility index (Phi) is 2.73. The van der Waals surface area contributed by atoms with Crippen LogP contribution in [0.15, 0.2) is 0 Å². The van der Waals surface area contributed by atoms with Crippen molar-refractivity contribution in [2.24, 2.45) is 5.92 Å². The van der Waals surface area contributed by atoms with Crippen LogP contribution in [0.1, 0.15) is 26.7 Å². The van der Waals surface area contributed by atoms with Crippen LogP contribution in [0.4, 0.5) is 0 Å². The van der Waals surface area contributed by atoms with Crippen molar-refractivity contribution in [1.29, 1.82) is 0 Å². The number of nitrogens with zero attached hydrogens (tertiary/aromatic N) is 1. The van der Waals surface area contributed by atoms with E-state index >= 15 is 0 Å². The van der Waals surface area contributed by atoms with Crippen molar-refractivity contribution in [3.05, 3.63) is 0 Å². The standard InChI is InChI=1S/C11H19NO3/c1-3-11(14)6-12(7-11)10(13)9-8(2)4-5-15-9/h8-9,14H,3-7H2,1-2H3. The molecule has 0 bridgehead atoms. The molecule has 86 valence electrons. The number of hydrogen-bond acceptors (Lipinski definition) is 3. The minimum Gasteiger partial charge on any atom is -0.386 e. The number of β-amino-alcohol motifs (C(OH)–C–C–N with tert-alkyl or cyclic N) is 1. The van der Waals surface area contributed by atoms with Crippen LogP contribution < -0.4 is 0 Å². The van der Waals surface area contributed by atoms with Gasteiger partial charge in [0.2, 0.25) is 0 Å². The molecule has 1 N–H and O–H groups in total. The first kappa shape index (κ1) is 10.9. The lowest BCUT2D eigenvalue weighted by Gasteiger charge is -2.47. The number of hydrogen-bond donors (Lipinski definition) is 1. The number of carbonyl (C=O) groups excluding carboxylic acids is 1. The Morgan fingerprint density at radius 3 is 2.73 bits per heavy atom. The summed E-state index contributed by atoms with van der Waals surface area (Å²) in [6, 6.07) is 0. The maximum absolute atomic E-state index is 11.9. The fourth-order valence-electron chi connectivity index (χ4n) is 2.23.